The molecule has 7 heteroatoms. The third kappa shape index (κ3) is 3.56. The molecule has 0 bridgehead atoms. The molecule has 16 heavy (non-hydrogen) atoms. The SMILES string of the molecule is CC(C)OP(=O)(OC(C)C)c1coc(=N)s1. The standard InChI is InChI=1S/C9H16NO4PS/c1-6(2)13-15(11,14-7(3)4)8-5-12-9(10)16-8/h5-7,10H,1-4H3. The molecular weight excluding hydrogens is 249 g/mol. The van der Waals surface area contributed by atoms with Gasteiger partial charge in [-0.1, -0.05) is 11.3 Å². The summed E-state index contributed by atoms with van der Waals surface area (Å²) in [5.74, 6) is 0. The van der Waals surface area contributed by atoms with Crippen LogP contribution in [0.15, 0.2) is 10.7 Å². The van der Waals surface area contributed by atoms with Crippen LogP contribution in [0.2, 0.25) is 0 Å². The molecule has 1 N–H and O–H groups in total. The quantitative estimate of drug-likeness (QED) is 0.830. The zero-order valence-corrected chi connectivity index (χ0v) is 11.4. The van der Waals surface area contributed by atoms with E-state index in [1.54, 1.807) is 27.7 Å². The third-order valence-corrected chi connectivity index (χ3v) is 5.01. The largest absolute Gasteiger partial charge is 0.437 e. The van der Waals surface area contributed by atoms with Gasteiger partial charge >= 0.3 is 7.60 Å². The lowest BCUT2D eigenvalue weighted by atomic mass is 10.5. The fraction of sp³-hybridized carbons (Fsp3) is 0.667. The highest BCUT2D eigenvalue weighted by atomic mass is 32.1. The van der Waals surface area contributed by atoms with Crippen molar-refractivity contribution in [1.29, 1.82) is 5.41 Å². The average Bonchev–Trinajstić information content (AvgIpc) is 2.48. The zero-order chi connectivity index (χ0) is 12.3. The van der Waals surface area contributed by atoms with E-state index in [0.717, 1.165) is 11.3 Å². The van der Waals surface area contributed by atoms with Crippen LogP contribution in [0.25, 0.3) is 0 Å². The van der Waals surface area contributed by atoms with Crippen molar-refractivity contribution < 1.29 is 18.0 Å². The Kier molecular flexibility index (Phi) is 4.50. The molecule has 92 valence electrons. The van der Waals surface area contributed by atoms with Crippen LogP contribution in [0.5, 0.6) is 0 Å². The molecule has 1 rings (SSSR count). The highest BCUT2D eigenvalue weighted by molar-refractivity contribution is 7.68. The van der Waals surface area contributed by atoms with Crippen LogP contribution in [-0.2, 0) is 13.6 Å². The minimum Gasteiger partial charge on any atom is -0.437 e. The summed E-state index contributed by atoms with van der Waals surface area (Å²) in [7, 11) is -3.36. The predicted molar refractivity (Wildman–Crippen MR) is 62.1 cm³/mol. The Morgan fingerprint density at radius 1 is 1.31 bits per heavy atom. The van der Waals surface area contributed by atoms with Gasteiger partial charge < -0.3 is 13.5 Å². The molecule has 1 aromatic rings. The van der Waals surface area contributed by atoms with Crippen LogP contribution < -0.4 is 9.49 Å². The Morgan fingerprint density at radius 2 is 1.81 bits per heavy atom. The van der Waals surface area contributed by atoms with Gasteiger partial charge in [0.25, 0.3) is 4.87 Å². The van der Waals surface area contributed by atoms with Crippen molar-refractivity contribution in [1.82, 2.24) is 0 Å². The van der Waals surface area contributed by atoms with E-state index in [0.29, 0.717) is 4.62 Å². The van der Waals surface area contributed by atoms with Gasteiger partial charge in [-0.15, -0.1) is 0 Å². The first-order valence-electron chi connectivity index (χ1n) is 4.94. The Morgan fingerprint density at radius 3 is 2.12 bits per heavy atom. The van der Waals surface area contributed by atoms with Crippen molar-refractivity contribution >= 4 is 23.6 Å². The number of hydrogen-bond donors (Lipinski definition) is 1. The lowest BCUT2D eigenvalue weighted by Gasteiger charge is -2.20. The second-order valence-corrected chi connectivity index (χ2v) is 6.98. The lowest BCUT2D eigenvalue weighted by Crippen LogP contribution is -2.14. The summed E-state index contributed by atoms with van der Waals surface area (Å²) in [6, 6.07) is 0. The lowest BCUT2D eigenvalue weighted by molar-refractivity contribution is 0.150. The van der Waals surface area contributed by atoms with Gasteiger partial charge in [-0.3, -0.25) is 9.97 Å². The first-order chi connectivity index (χ1) is 7.33. The molecule has 0 atom stereocenters. The van der Waals surface area contributed by atoms with Gasteiger partial charge in [0.15, 0.2) is 4.62 Å². The van der Waals surface area contributed by atoms with Gasteiger partial charge in [0.2, 0.25) is 0 Å². The predicted octanol–water partition coefficient (Wildman–Crippen LogP) is 2.49. The number of nitrogens with one attached hydrogen (secondary N) is 1. The molecule has 0 saturated carbocycles. The van der Waals surface area contributed by atoms with Gasteiger partial charge in [0.1, 0.15) is 6.26 Å². The first kappa shape index (κ1) is 13.6. The van der Waals surface area contributed by atoms with E-state index in [-0.39, 0.29) is 17.1 Å². The molecule has 0 spiro atoms. The molecule has 0 radical (unpaired) electrons. The fourth-order valence-corrected chi connectivity index (χ4v) is 3.94. The van der Waals surface area contributed by atoms with Gasteiger partial charge in [-0.2, -0.15) is 0 Å². The van der Waals surface area contributed by atoms with Crippen molar-refractivity contribution in [3.05, 3.63) is 11.1 Å². The van der Waals surface area contributed by atoms with Crippen LogP contribution >= 0.6 is 18.9 Å². The Hall–Kier alpha value is -0.420. The molecule has 1 aromatic heterocycles. The average molecular weight is 265 g/mol. The number of rotatable bonds is 5. The second-order valence-electron chi connectivity index (χ2n) is 3.77. The number of hydrogen-bond acceptors (Lipinski definition) is 6. The van der Waals surface area contributed by atoms with Crippen LogP contribution in [0, 0.1) is 5.41 Å². The second kappa shape index (κ2) is 5.27. The third-order valence-electron chi connectivity index (χ3n) is 1.43. The first-order valence-corrected chi connectivity index (χ1v) is 7.30. The van der Waals surface area contributed by atoms with Gasteiger partial charge in [-0.25, -0.2) is 0 Å². The van der Waals surface area contributed by atoms with Crippen LogP contribution in [0.4, 0.5) is 0 Å². The summed E-state index contributed by atoms with van der Waals surface area (Å²) < 4.78 is 28.3. The molecule has 5 nitrogen and oxygen atoms in total. The molecule has 0 aromatic carbocycles. The molecule has 0 aliphatic heterocycles. The van der Waals surface area contributed by atoms with Crippen molar-refractivity contribution in [2.24, 2.45) is 0 Å². The smallest absolute Gasteiger partial charge is 0.375 e. The van der Waals surface area contributed by atoms with Crippen LogP contribution in [0.3, 0.4) is 0 Å². The molecule has 1 heterocycles. The van der Waals surface area contributed by atoms with E-state index >= 15 is 0 Å². The van der Waals surface area contributed by atoms with E-state index in [9.17, 15) is 4.57 Å². The zero-order valence-electron chi connectivity index (χ0n) is 9.72. The normalized spacial score (nSPS) is 12.6. The van der Waals surface area contributed by atoms with Crippen molar-refractivity contribution in [2.75, 3.05) is 0 Å². The molecule has 0 fully saturated rings. The Balaban J connectivity index is 3.04. The van der Waals surface area contributed by atoms with E-state index in [1.165, 1.54) is 6.26 Å². The van der Waals surface area contributed by atoms with E-state index < -0.39 is 7.60 Å². The van der Waals surface area contributed by atoms with Gasteiger partial charge in [-0.05, 0) is 27.7 Å². The van der Waals surface area contributed by atoms with Crippen molar-refractivity contribution in [3.63, 3.8) is 0 Å². The van der Waals surface area contributed by atoms with Crippen molar-refractivity contribution in [2.45, 2.75) is 39.9 Å². The maximum Gasteiger partial charge on any atom is 0.375 e. The highest BCUT2D eigenvalue weighted by Gasteiger charge is 2.32. The minimum absolute atomic E-state index is 0.0186. The summed E-state index contributed by atoms with van der Waals surface area (Å²) in [5, 5.41) is 7.28. The highest BCUT2D eigenvalue weighted by Crippen LogP contribution is 2.49. The molecule has 0 aliphatic carbocycles. The summed E-state index contributed by atoms with van der Waals surface area (Å²) >= 11 is 0.966. The molecule has 0 aliphatic rings. The fourth-order valence-electron chi connectivity index (χ4n) is 1.05. The van der Waals surface area contributed by atoms with Gasteiger partial charge in [0.05, 0.1) is 12.2 Å². The molecule has 0 amide bonds. The monoisotopic (exact) mass is 265 g/mol. The summed E-state index contributed by atoms with van der Waals surface area (Å²) in [6.45, 7) is 7.12. The maximum atomic E-state index is 12.5. The van der Waals surface area contributed by atoms with E-state index in [4.69, 9.17) is 18.9 Å². The molecule has 0 saturated heterocycles. The topological polar surface area (TPSA) is 72.5 Å². The van der Waals surface area contributed by atoms with E-state index in [2.05, 4.69) is 0 Å². The Labute approximate surface area is 98.4 Å². The minimum atomic E-state index is -3.36. The van der Waals surface area contributed by atoms with E-state index in [1.807, 2.05) is 0 Å². The van der Waals surface area contributed by atoms with Crippen LogP contribution in [0.1, 0.15) is 27.7 Å². The summed E-state index contributed by atoms with van der Waals surface area (Å²) in [5.41, 5.74) is 0. The summed E-state index contributed by atoms with van der Waals surface area (Å²) in [4.78, 5) is -0.0186. The summed E-state index contributed by atoms with van der Waals surface area (Å²) in [6.07, 6.45) is 0.820. The van der Waals surface area contributed by atoms with Gasteiger partial charge in [0, 0.05) is 0 Å². The van der Waals surface area contributed by atoms with Crippen LogP contribution in [-0.4, -0.2) is 12.2 Å². The maximum absolute atomic E-state index is 12.5. The Bertz CT molecular complexity index is 423. The molecular formula is C9H16NO4PS. The van der Waals surface area contributed by atoms with Crippen molar-refractivity contribution in [3.8, 4) is 0 Å². The molecule has 0 unspecified atom stereocenters.